The van der Waals surface area contributed by atoms with Gasteiger partial charge in [0.25, 0.3) is 0 Å². The molecule has 0 fully saturated rings. The summed E-state index contributed by atoms with van der Waals surface area (Å²) in [5.74, 6) is 1.86. The smallest absolute Gasteiger partial charge is 0.191 e. The van der Waals surface area contributed by atoms with Crippen LogP contribution in [0.2, 0.25) is 0 Å². The molecule has 0 saturated heterocycles. The fourth-order valence-corrected chi connectivity index (χ4v) is 2.78. The Bertz CT molecular complexity index is 826. The molecule has 0 atom stereocenters. The van der Waals surface area contributed by atoms with Crippen LogP contribution in [-0.2, 0) is 19.5 Å². The topological polar surface area (TPSA) is 67.1 Å². The SMILES string of the molecule is CCNC(=NCc1ccccn1)NCCc1nccn1Cc1ccccc1. The van der Waals surface area contributed by atoms with Gasteiger partial charge in [0.05, 0.1) is 12.2 Å². The lowest BCUT2D eigenvalue weighted by atomic mass is 10.2. The molecule has 2 aromatic heterocycles. The van der Waals surface area contributed by atoms with E-state index in [1.807, 2.05) is 36.7 Å². The second kappa shape index (κ2) is 10.1. The van der Waals surface area contributed by atoms with Crippen LogP contribution < -0.4 is 10.6 Å². The minimum atomic E-state index is 0.554. The number of guanidine groups is 1. The monoisotopic (exact) mass is 362 g/mol. The van der Waals surface area contributed by atoms with Gasteiger partial charge < -0.3 is 15.2 Å². The molecule has 0 aliphatic heterocycles. The molecule has 27 heavy (non-hydrogen) atoms. The minimum Gasteiger partial charge on any atom is -0.357 e. The third kappa shape index (κ3) is 5.95. The van der Waals surface area contributed by atoms with Crippen molar-refractivity contribution in [2.24, 2.45) is 4.99 Å². The molecule has 0 radical (unpaired) electrons. The van der Waals surface area contributed by atoms with Crippen LogP contribution in [0.3, 0.4) is 0 Å². The fourth-order valence-electron chi connectivity index (χ4n) is 2.78. The second-order valence-electron chi connectivity index (χ2n) is 6.15. The Kier molecular flexibility index (Phi) is 6.98. The van der Waals surface area contributed by atoms with Gasteiger partial charge in [-0.2, -0.15) is 0 Å². The highest BCUT2D eigenvalue weighted by Gasteiger charge is 2.05. The van der Waals surface area contributed by atoms with Gasteiger partial charge in [-0.1, -0.05) is 36.4 Å². The van der Waals surface area contributed by atoms with Crippen LogP contribution in [-0.4, -0.2) is 33.6 Å². The summed E-state index contributed by atoms with van der Waals surface area (Å²) in [4.78, 5) is 13.4. The van der Waals surface area contributed by atoms with Gasteiger partial charge in [-0.05, 0) is 24.6 Å². The Balaban J connectivity index is 1.54. The predicted octanol–water partition coefficient (Wildman–Crippen LogP) is 2.62. The summed E-state index contributed by atoms with van der Waals surface area (Å²) in [6, 6.07) is 16.3. The van der Waals surface area contributed by atoms with Crippen molar-refractivity contribution in [3.05, 3.63) is 84.2 Å². The molecule has 0 bridgehead atoms. The number of hydrogen-bond donors (Lipinski definition) is 2. The Hall–Kier alpha value is -3.15. The Labute approximate surface area is 160 Å². The van der Waals surface area contributed by atoms with Crippen molar-refractivity contribution in [2.45, 2.75) is 26.4 Å². The molecular weight excluding hydrogens is 336 g/mol. The normalized spacial score (nSPS) is 11.4. The molecule has 0 aliphatic carbocycles. The number of aromatic nitrogens is 3. The predicted molar refractivity (Wildman–Crippen MR) is 109 cm³/mol. The lowest BCUT2D eigenvalue weighted by Gasteiger charge is -2.12. The van der Waals surface area contributed by atoms with E-state index in [0.717, 1.165) is 43.5 Å². The van der Waals surface area contributed by atoms with Gasteiger partial charge in [0.15, 0.2) is 5.96 Å². The number of rotatable bonds is 8. The van der Waals surface area contributed by atoms with E-state index in [2.05, 4.69) is 61.4 Å². The maximum absolute atomic E-state index is 4.60. The van der Waals surface area contributed by atoms with Gasteiger partial charge in [-0.25, -0.2) is 9.98 Å². The third-order valence-electron chi connectivity index (χ3n) is 4.11. The van der Waals surface area contributed by atoms with Gasteiger partial charge >= 0.3 is 0 Å². The van der Waals surface area contributed by atoms with Crippen LogP contribution in [0.25, 0.3) is 0 Å². The largest absolute Gasteiger partial charge is 0.357 e. The zero-order valence-electron chi connectivity index (χ0n) is 15.7. The highest BCUT2D eigenvalue weighted by atomic mass is 15.2. The average Bonchev–Trinajstić information content (AvgIpc) is 3.14. The average molecular weight is 362 g/mol. The second-order valence-corrected chi connectivity index (χ2v) is 6.15. The molecule has 3 aromatic rings. The zero-order valence-corrected chi connectivity index (χ0v) is 15.7. The van der Waals surface area contributed by atoms with Crippen molar-refractivity contribution < 1.29 is 0 Å². The lowest BCUT2D eigenvalue weighted by molar-refractivity contribution is 0.694. The van der Waals surface area contributed by atoms with E-state index in [9.17, 15) is 0 Å². The number of pyridine rings is 1. The molecule has 0 unspecified atom stereocenters. The first kappa shape index (κ1) is 18.6. The molecule has 2 N–H and O–H groups in total. The van der Waals surface area contributed by atoms with Crippen LogP contribution in [0, 0.1) is 0 Å². The summed E-state index contributed by atoms with van der Waals surface area (Å²) in [6.07, 6.45) is 6.51. The van der Waals surface area contributed by atoms with E-state index in [0.29, 0.717) is 6.54 Å². The Morgan fingerprint density at radius 2 is 1.85 bits per heavy atom. The van der Waals surface area contributed by atoms with E-state index < -0.39 is 0 Å². The molecule has 3 rings (SSSR count). The molecular formula is C21H26N6. The van der Waals surface area contributed by atoms with Gasteiger partial charge in [-0.3, -0.25) is 4.98 Å². The van der Waals surface area contributed by atoms with Crippen molar-refractivity contribution in [2.75, 3.05) is 13.1 Å². The van der Waals surface area contributed by atoms with Crippen LogP contribution in [0.1, 0.15) is 24.0 Å². The first-order valence-corrected chi connectivity index (χ1v) is 9.31. The fraction of sp³-hybridized carbons (Fsp3) is 0.286. The van der Waals surface area contributed by atoms with E-state index in [1.54, 1.807) is 6.20 Å². The molecule has 1 aromatic carbocycles. The summed E-state index contributed by atoms with van der Waals surface area (Å²) >= 11 is 0. The number of nitrogens with zero attached hydrogens (tertiary/aromatic N) is 4. The maximum atomic E-state index is 4.60. The van der Waals surface area contributed by atoms with Crippen LogP contribution >= 0.6 is 0 Å². The van der Waals surface area contributed by atoms with E-state index in [4.69, 9.17) is 0 Å². The van der Waals surface area contributed by atoms with E-state index in [1.165, 1.54) is 5.56 Å². The molecule has 140 valence electrons. The summed E-state index contributed by atoms with van der Waals surface area (Å²) < 4.78 is 2.19. The van der Waals surface area contributed by atoms with E-state index >= 15 is 0 Å². The molecule has 6 heteroatoms. The molecule has 0 saturated carbocycles. The Morgan fingerprint density at radius 3 is 2.63 bits per heavy atom. The number of imidazole rings is 1. The number of benzene rings is 1. The first-order chi connectivity index (χ1) is 13.3. The van der Waals surface area contributed by atoms with Gasteiger partial charge in [0, 0.05) is 44.6 Å². The highest BCUT2D eigenvalue weighted by Crippen LogP contribution is 2.06. The molecule has 6 nitrogen and oxygen atoms in total. The van der Waals surface area contributed by atoms with Crippen molar-refractivity contribution in [1.29, 1.82) is 0 Å². The van der Waals surface area contributed by atoms with Gasteiger partial charge in [0.2, 0.25) is 0 Å². The maximum Gasteiger partial charge on any atom is 0.191 e. The molecule has 0 aliphatic rings. The lowest BCUT2D eigenvalue weighted by Crippen LogP contribution is -2.38. The van der Waals surface area contributed by atoms with Gasteiger partial charge in [-0.15, -0.1) is 0 Å². The first-order valence-electron chi connectivity index (χ1n) is 9.31. The number of nitrogens with one attached hydrogen (secondary N) is 2. The van der Waals surface area contributed by atoms with Crippen LogP contribution in [0.15, 0.2) is 72.1 Å². The van der Waals surface area contributed by atoms with Gasteiger partial charge in [0.1, 0.15) is 5.82 Å². The quantitative estimate of drug-likeness (QED) is 0.477. The summed E-state index contributed by atoms with van der Waals surface area (Å²) in [7, 11) is 0. The third-order valence-corrected chi connectivity index (χ3v) is 4.11. The minimum absolute atomic E-state index is 0.554. The zero-order chi connectivity index (χ0) is 18.7. The summed E-state index contributed by atoms with van der Waals surface area (Å²) in [5.41, 5.74) is 2.23. The molecule has 0 spiro atoms. The number of aliphatic imine (C=N–C) groups is 1. The van der Waals surface area contributed by atoms with Crippen molar-refractivity contribution in [1.82, 2.24) is 25.2 Å². The standard InChI is InChI=1S/C21H26N6/c1-2-22-21(26-16-19-10-6-7-12-23-19)25-13-11-20-24-14-15-27(20)17-18-8-4-3-5-9-18/h3-10,12,14-15H,2,11,13,16-17H2,1H3,(H2,22,25,26). The Morgan fingerprint density at radius 1 is 1.00 bits per heavy atom. The van der Waals surface area contributed by atoms with Crippen molar-refractivity contribution in [3.63, 3.8) is 0 Å². The van der Waals surface area contributed by atoms with E-state index in [-0.39, 0.29) is 0 Å². The van der Waals surface area contributed by atoms with Crippen molar-refractivity contribution >= 4 is 5.96 Å². The molecule has 0 amide bonds. The van der Waals surface area contributed by atoms with Crippen LogP contribution in [0.5, 0.6) is 0 Å². The summed E-state index contributed by atoms with van der Waals surface area (Å²) in [6.45, 7) is 5.03. The number of hydrogen-bond acceptors (Lipinski definition) is 3. The van der Waals surface area contributed by atoms with Crippen molar-refractivity contribution in [3.8, 4) is 0 Å². The summed E-state index contributed by atoms with van der Waals surface area (Å²) in [5, 5.41) is 6.65. The molecule has 2 heterocycles. The highest BCUT2D eigenvalue weighted by molar-refractivity contribution is 5.79. The van der Waals surface area contributed by atoms with Crippen LogP contribution in [0.4, 0.5) is 0 Å².